The van der Waals surface area contributed by atoms with Gasteiger partial charge in [0.1, 0.15) is 5.69 Å². The van der Waals surface area contributed by atoms with E-state index in [1.807, 2.05) is 0 Å². The molecule has 0 spiro atoms. The van der Waals surface area contributed by atoms with E-state index < -0.39 is 56.5 Å². The van der Waals surface area contributed by atoms with E-state index in [-0.39, 0.29) is 0 Å². The van der Waals surface area contributed by atoms with Crippen molar-refractivity contribution < 1.29 is 40.3 Å². The van der Waals surface area contributed by atoms with E-state index in [9.17, 15) is 35.2 Å². The van der Waals surface area contributed by atoms with Crippen LogP contribution in [0.4, 0.5) is 27.6 Å². The minimum absolute atomic E-state index is 0.990. The number of carbonyl (C=O) groups is 1. The Bertz CT molecular complexity index is 616. The van der Waals surface area contributed by atoms with Crippen LogP contribution in [0, 0.1) is 29.1 Å². The van der Waals surface area contributed by atoms with Crippen LogP contribution in [0.3, 0.4) is 0 Å². The molecule has 0 aliphatic heterocycles. The molecule has 1 rings (SSSR count). The fourth-order valence-corrected chi connectivity index (χ4v) is 1.94. The number of halogens is 5. The highest BCUT2D eigenvalue weighted by Crippen LogP contribution is 2.27. The van der Waals surface area contributed by atoms with Gasteiger partial charge in [0.25, 0.3) is 0 Å². The van der Waals surface area contributed by atoms with E-state index >= 15 is 0 Å². The van der Waals surface area contributed by atoms with Crippen molar-refractivity contribution in [3.05, 3.63) is 29.1 Å². The Morgan fingerprint density at radius 2 is 1.32 bits per heavy atom. The molecular weight excluding hydrogens is 301 g/mol. The van der Waals surface area contributed by atoms with Crippen LogP contribution in [0.1, 0.15) is 0 Å². The van der Waals surface area contributed by atoms with Crippen molar-refractivity contribution >= 4 is 21.7 Å². The number of hydrogen-bond donors (Lipinski definition) is 2. The number of aliphatic carboxylic acids is 1. The molecule has 0 aromatic heterocycles. The van der Waals surface area contributed by atoms with Crippen molar-refractivity contribution in [2.75, 3.05) is 10.5 Å². The van der Waals surface area contributed by atoms with Gasteiger partial charge in [0.05, 0.1) is 0 Å². The van der Waals surface area contributed by atoms with E-state index in [1.54, 1.807) is 0 Å². The van der Waals surface area contributed by atoms with Crippen LogP contribution >= 0.6 is 0 Å². The van der Waals surface area contributed by atoms with Gasteiger partial charge in [0, 0.05) is 0 Å². The van der Waals surface area contributed by atoms with Crippen molar-refractivity contribution in [2.45, 2.75) is 0 Å². The number of sulfonamides is 1. The van der Waals surface area contributed by atoms with Crippen LogP contribution < -0.4 is 4.72 Å². The van der Waals surface area contributed by atoms with Crippen molar-refractivity contribution in [1.29, 1.82) is 0 Å². The van der Waals surface area contributed by atoms with Gasteiger partial charge in [-0.15, -0.1) is 0 Å². The average molecular weight is 305 g/mol. The van der Waals surface area contributed by atoms with Crippen molar-refractivity contribution in [3.8, 4) is 0 Å². The Hall–Kier alpha value is -1.91. The molecule has 0 amide bonds. The molecule has 0 saturated heterocycles. The van der Waals surface area contributed by atoms with Crippen molar-refractivity contribution in [2.24, 2.45) is 0 Å². The van der Waals surface area contributed by atoms with Gasteiger partial charge < -0.3 is 5.11 Å². The second-order valence-corrected chi connectivity index (χ2v) is 4.92. The highest BCUT2D eigenvalue weighted by atomic mass is 32.2. The Morgan fingerprint density at radius 1 is 0.947 bits per heavy atom. The third kappa shape index (κ3) is 3.10. The smallest absolute Gasteiger partial charge is 0.320 e. The summed E-state index contributed by atoms with van der Waals surface area (Å²) in [6.45, 7) is 0. The molecule has 0 aliphatic carbocycles. The third-order valence-corrected chi connectivity index (χ3v) is 2.92. The van der Waals surface area contributed by atoms with Gasteiger partial charge in [-0.05, 0) is 0 Å². The van der Waals surface area contributed by atoms with E-state index in [4.69, 9.17) is 5.11 Å². The summed E-state index contributed by atoms with van der Waals surface area (Å²) in [6, 6.07) is 0. The molecule has 0 atom stereocenters. The lowest BCUT2D eigenvalue weighted by atomic mass is 10.2. The van der Waals surface area contributed by atoms with Gasteiger partial charge in [0.2, 0.25) is 15.8 Å². The summed E-state index contributed by atoms with van der Waals surface area (Å²) in [4.78, 5) is 10.1. The third-order valence-electron chi connectivity index (χ3n) is 1.78. The Labute approximate surface area is 102 Å². The summed E-state index contributed by atoms with van der Waals surface area (Å²) >= 11 is 0. The second kappa shape index (κ2) is 4.99. The Balaban J connectivity index is 3.34. The first-order valence-corrected chi connectivity index (χ1v) is 5.95. The fourth-order valence-electron chi connectivity index (χ4n) is 1.05. The molecule has 1 aromatic carbocycles. The lowest BCUT2D eigenvalue weighted by Gasteiger charge is -2.10. The molecule has 0 heterocycles. The predicted molar refractivity (Wildman–Crippen MR) is 51.3 cm³/mol. The van der Waals surface area contributed by atoms with Gasteiger partial charge in [-0.1, -0.05) is 0 Å². The average Bonchev–Trinajstić information content (AvgIpc) is 2.28. The SMILES string of the molecule is O=C(O)CS(=O)(=O)Nc1c(F)c(F)c(F)c(F)c1F. The largest absolute Gasteiger partial charge is 0.480 e. The van der Waals surface area contributed by atoms with Crippen LogP contribution in [0.5, 0.6) is 0 Å². The zero-order valence-corrected chi connectivity index (χ0v) is 9.49. The molecule has 0 saturated carbocycles. The molecule has 0 fully saturated rings. The monoisotopic (exact) mass is 305 g/mol. The summed E-state index contributed by atoms with van der Waals surface area (Å²) in [5, 5.41) is 8.20. The molecule has 0 radical (unpaired) electrons. The molecular formula is C8H4F5NO4S. The lowest BCUT2D eigenvalue weighted by Crippen LogP contribution is -2.24. The first-order chi connectivity index (χ1) is 8.57. The molecule has 106 valence electrons. The zero-order valence-electron chi connectivity index (χ0n) is 8.68. The molecule has 5 nitrogen and oxygen atoms in total. The summed E-state index contributed by atoms with van der Waals surface area (Å²) in [5.74, 6) is -15.5. The number of carboxylic acids is 1. The molecule has 2 N–H and O–H groups in total. The second-order valence-electron chi connectivity index (χ2n) is 3.20. The normalized spacial score (nSPS) is 11.4. The topological polar surface area (TPSA) is 83.5 Å². The standard InChI is InChI=1S/C8H4F5NO4S/c9-3-4(10)6(12)8(7(13)5(3)11)14-19(17,18)1-2(15)16/h14H,1H2,(H,15,16). The lowest BCUT2D eigenvalue weighted by molar-refractivity contribution is -0.134. The Kier molecular flexibility index (Phi) is 3.98. The van der Waals surface area contributed by atoms with E-state index in [0.29, 0.717) is 0 Å². The zero-order chi connectivity index (χ0) is 15.0. The number of nitrogens with one attached hydrogen (secondary N) is 1. The number of rotatable bonds is 4. The van der Waals surface area contributed by atoms with Gasteiger partial charge in [-0.3, -0.25) is 9.52 Å². The summed E-state index contributed by atoms with van der Waals surface area (Å²) in [7, 11) is -4.81. The van der Waals surface area contributed by atoms with E-state index in [0.717, 1.165) is 4.72 Å². The fraction of sp³-hybridized carbons (Fsp3) is 0.125. The number of benzene rings is 1. The molecule has 0 aliphatic rings. The minimum Gasteiger partial charge on any atom is -0.480 e. The van der Waals surface area contributed by atoms with Crippen LogP contribution in [0.2, 0.25) is 0 Å². The number of hydrogen-bond acceptors (Lipinski definition) is 3. The predicted octanol–water partition coefficient (Wildman–Crippen LogP) is 1.21. The highest BCUT2D eigenvalue weighted by Gasteiger charge is 2.28. The van der Waals surface area contributed by atoms with Crippen LogP contribution in [-0.2, 0) is 14.8 Å². The highest BCUT2D eigenvalue weighted by molar-refractivity contribution is 7.93. The molecule has 19 heavy (non-hydrogen) atoms. The molecule has 0 bridgehead atoms. The molecule has 0 unspecified atom stereocenters. The quantitative estimate of drug-likeness (QED) is 0.497. The summed E-state index contributed by atoms with van der Waals surface area (Å²) < 4.78 is 87.4. The van der Waals surface area contributed by atoms with Gasteiger partial charge in [-0.25, -0.2) is 30.4 Å². The van der Waals surface area contributed by atoms with Gasteiger partial charge in [0.15, 0.2) is 29.0 Å². The molecule has 11 heteroatoms. The maximum Gasteiger partial charge on any atom is 0.320 e. The summed E-state index contributed by atoms with van der Waals surface area (Å²) in [5.41, 5.74) is -1.84. The Morgan fingerprint density at radius 3 is 1.68 bits per heavy atom. The van der Waals surface area contributed by atoms with Crippen molar-refractivity contribution in [3.63, 3.8) is 0 Å². The van der Waals surface area contributed by atoms with Gasteiger partial charge >= 0.3 is 5.97 Å². The maximum atomic E-state index is 13.1. The number of anilines is 1. The maximum absolute atomic E-state index is 13.1. The van der Waals surface area contributed by atoms with Crippen LogP contribution in [0.25, 0.3) is 0 Å². The van der Waals surface area contributed by atoms with Crippen LogP contribution in [0.15, 0.2) is 0 Å². The van der Waals surface area contributed by atoms with E-state index in [1.165, 1.54) is 0 Å². The van der Waals surface area contributed by atoms with Crippen molar-refractivity contribution in [1.82, 2.24) is 0 Å². The number of carboxylic acid groups (broad SMARTS) is 1. The van der Waals surface area contributed by atoms with Gasteiger partial charge in [-0.2, -0.15) is 0 Å². The van der Waals surface area contributed by atoms with Crippen LogP contribution in [-0.4, -0.2) is 25.2 Å². The first-order valence-electron chi connectivity index (χ1n) is 4.30. The minimum atomic E-state index is -4.81. The first kappa shape index (κ1) is 15.1. The summed E-state index contributed by atoms with van der Waals surface area (Å²) in [6.07, 6.45) is 0. The van der Waals surface area contributed by atoms with E-state index in [2.05, 4.69) is 0 Å². The molecule has 1 aromatic rings.